The summed E-state index contributed by atoms with van der Waals surface area (Å²) in [6.07, 6.45) is 2.43. The molecule has 2 atom stereocenters. The van der Waals surface area contributed by atoms with Crippen molar-refractivity contribution in [3.8, 4) is 0 Å². The molecule has 104 valence electrons. The standard InChI is InChI=1S/C14H20N2O2S/c1-19(17,18)16-10-13-7-8-15(14(13)11-16)9-12-5-3-2-4-6-12/h2-6,13-14H,7-11H2,1H3. The fraction of sp³-hybridized carbons (Fsp3) is 0.571. The molecule has 0 amide bonds. The Balaban J connectivity index is 1.70. The number of sulfonamides is 1. The van der Waals surface area contributed by atoms with Crippen LogP contribution in [0.1, 0.15) is 12.0 Å². The molecule has 2 aliphatic rings. The number of fused-ring (bicyclic) bond motifs is 1. The summed E-state index contributed by atoms with van der Waals surface area (Å²) in [6.45, 7) is 3.38. The molecule has 0 spiro atoms. The van der Waals surface area contributed by atoms with Crippen LogP contribution in [0.5, 0.6) is 0 Å². The maximum atomic E-state index is 11.6. The van der Waals surface area contributed by atoms with Crippen molar-refractivity contribution in [3.63, 3.8) is 0 Å². The highest BCUT2D eigenvalue weighted by molar-refractivity contribution is 7.88. The van der Waals surface area contributed by atoms with Crippen LogP contribution in [0.25, 0.3) is 0 Å². The van der Waals surface area contributed by atoms with E-state index in [1.807, 2.05) is 6.07 Å². The molecule has 0 N–H and O–H groups in total. The summed E-state index contributed by atoms with van der Waals surface area (Å²) in [7, 11) is -3.03. The molecule has 4 nitrogen and oxygen atoms in total. The Morgan fingerprint density at radius 3 is 2.63 bits per heavy atom. The van der Waals surface area contributed by atoms with Crippen LogP contribution >= 0.6 is 0 Å². The van der Waals surface area contributed by atoms with E-state index in [1.54, 1.807) is 4.31 Å². The molecule has 0 aliphatic carbocycles. The normalized spacial score (nSPS) is 28.7. The summed E-state index contributed by atoms with van der Waals surface area (Å²) in [5.74, 6) is 0.512. The maximum absolute atomic E-state index is 11.6. The topological polar surface area (TPSA) is 40.6 Å². The molecule has 3 rings (SSSR count). The van der Waals surface area contributed by atoms with Crippen LogP contribution in [0.3, 0.4) is 0 Å². The van der Waals surface area contributed by atoms with Crippen LogP contribution in [-0.2, 0) is 16.6 Å². The Kier molecular flexibility index (Phi) is 3.37. The highest BCUT2D eigenvalue weighted by Gasteiger charge is 2.43. The molecule has 0 saturated carbocycles. The van der Waals surface area contributed by atoms with Crippen LogP contribution < -0.4 is 0 Å². The van der Waals surface area contributed by atoms with Crippen molar-refractivity contribution in [1.29, 1.82) is 0 Å². The smallest absolute Gasteiger partial charge is 0.211 e. The molecular formula is C14H20N2O2S. The highest BCUT2D eigenvalue weighted by Crippen LogP contribution is 2.33. The Bertz CT molecular complexity index is 544. The minimum absolute atomic E-state index is 0.398. The van der Waals surface area contributed by atoms with Gasteiger partial charge in [-0.1, -0.05) is 30.3 Å². The molecule has 0 bridgehead atoms. The molecule has 0 aromatic heterocycles. The third-order valence-corrected chi connectivity index (χ3v) is 5.56. The van der Waals surface area contributed by atoms with Gasteiger partial charge >= 0.3 is 0 Å². The van der Waals surface area contributed by atoms with Crippen molar-refractivity contribution in [1.82, 2.24) is 9.21 Å². The molecular weight excluding hydrogens is 260 g/mol. The quantitative estimate of drug-likeness (QED) is 0.834. The lowest BCUT2D eigenvalue weighted by molar-refractivity contribution is 0.236. The molecule has 2 aliphatic heterocycles. The van der Waals surface area contributed by atoms with E-state index in [1.165, 1.54) is 11.8 Å². The zero-order chi connectivity index (χ0) is 13.5. The Labute approximate surface area is 115 Å². The van der Waals surface area contributed by atoms with Crippen molar-refractivity contribution < 1.29 is 8.42 Å². The van der Waals surface area contributed by atoms with Gasteiger partial charge < -0.3 is 0 Å². The monoisotopic (exact) mass is 280 g/mol. The van der Waals surface area contributed by atoms with E-state index >= 15 is 0 Å². The number of hydrogen-bond acceptors (Lipinski definition) is 3. The number of rotatable bonds is 3. The molecule has 19 heavy (non-hydrogen) atoms. The van der Waals surface area contributed by atoms with Crippen molar-refractivity contribution in [3.05, 3.63) is 35.9 Å². The van der Waals surface area contributed by atoms with Gasteiger partial charge in [0.1, 0.15) is 0 Å². The Morgan fingerprint density at radius 2 is 1.95 bits per heavy atom. The second kappa shape index (κ2) is 4.89. The summed E-state index contributed by atoms with van der Waals surface area (Å²) < 4.78 is 24.9. The fourth-order valence-corrected chi connectivity index (χ4v) is 4.18. The number of nitrogens with zero attached hydrogens (tertiary/aromatic N) is 2. The van der Waals surface area contributed by atoms with Crippen molar-refractivity contribution in [2.24, 2.45) is 5.92 Å². The van der Waals surface area contributed by atoms with Crippen molar-refractivity contribution in [2.75, 3.05) is 25.9 Å². The van der Waals surface area contributed by atoms with Gasteiger partial charge in [0.2, 0.25) is 10.0 Å². The van der Waals surface area contributed by atoms with Crippen LogP contribution in [0.15, 0.2) is 30.3 Å². The van der Waals surface area contributed by atoms with Gasteiger partial charge in [-0.25, -0.2) is 12.7 Å². The van der Waals surface area contributed by atoms with E-state index in [-0.39, 0.29) is 0 Å². The third kappa shape index (κ3) is 2.68. The Hall–Kier alpha value is -0.910. The van der Waals surface area contributed by atoms with Gasteiger partial charge in [-0.05, 0) is 24.4 Å². The van der Waals surface area contributed by atoms with Gasteiger partial charge in [0.15, 0.2) is 0 Å². The van der Waals surface area contributed by atoms with E-state index in [9.17, 15) is 8.42 Å². The van der Waals surface area contributed by atoms with E-state index in [2.05, 4.69) is 29.2 Å². The summed E-state index contributed by atoms with van der Waals surface area (Å²) in [4.78, 5) is 2.44. The summed E-state index contributed by atoms with van der Waals surface area (Å²) in [5.41, 5.74) is 1.31. The first-order valence-electron chi connectivity index (χ1n) is 6.77. The molecule has 0 radical (unpaired) electrons. The molecule has 1 aromatic carbocycles. The first-order valence-corrected chi connectivity index (χ1v) is 8.62. The molecule has 2 heterocycles. The maximum Gasteiger partial charge on any atom is 0.211 e. The number of benzene rings is 1. The van der Waals surface area contributed by atoms with Gasteiger partial charge in [0, 0.05) is 25.7 Å². The predicted molar refractivity (Wildman–Crippen MR) is 75.2 cm³/mol. The van der Waals surface area contributed by atoms with Gasteiger partial charge in [-0.2, -0.15) is 0 Å². The third-order valence-electron chi connectivity index (χ3n) is 4.33. The lowest BCUT2D eigenvalue weighted by Crippen LogP contribution is -2.36. The first kappa shape index (κ1) is 13.1. The molecule has 2 fully saturated rings. The minimum atomic E-state index is -3.03. The van der Waals surface area contributed by atoms with Gasteiger partial charge in [-0.15, -0.1) is 0 Å². The SMILES string of the molecule is CS(=O)(=O)N1CC2CCN(Cc3ccccc3)C2C1. The zero-order valence-corrected chi connectivity index (χ0v) is 12.0. The zero-order valence-electron chi connectivity index (χ0n) is 11.2. The van der Waals surface area contributed by atoms with E-state index in [0.717, 1.165) is 19.5 Å². The minimum Gasteiger partial charge on any atom is -0.294 e. The summed E-state index contributed by atoms with van der Waals surface area (Å²) >= 11 is 0. The summed E-state index contributed by atoms with van der Waals surface area (Å²) in [6, 6.07) is 10.8. The lowest BCUT2D eigenvalue weighted by Gasteiger charge is -2.24. The predicted octanol–water partition coefficient (Wildman–Crippen LogP) is 1.15. The van der Waals surface area contributed by atoms with Crippen LogP contribution in [0.2, 0.25) is 0 Å². The lowest BCUT2D eigenvalue weighted by atomic mass is 10.1. The van der Waals surface area contributed by atoms with E-state index < -0.39 is 10.0 Å². The van der Waals surface area contributed by atoms with Gasteiger partial charge in [-0.3, -0.25) is 4.90 Å². The number of likely N-dealkylation sites (tertiary alicyclic amines) is 1. The van der Waals surface area contributed by atoms with Crippen LogP contribution in [-0.4, -0.2) is 49.6 Å². The highest BCUT2D eigenvalue weighted by atomic mass is 32.2. The van der Waals surface area contributed by atoms with E-state index in [4.69, 9.17) is 0 Å². The van der Waals surface area contributed by atoms with Crippen LogP contribution in [0.4, 0.5) is 0 Å². The second-order valence-electron chi connectivity index (χ2n) is 5.65. The first-order chi connectivity index (χ1) is 9.04. The fourth-order valence-electron chi connectivity index (χ4n) is 3.30. The second-order valence-corrected chi connectivity index (χ2v) is 7.63. The average Bonchev–Trinajstić information content (AvgIpc) is 2.92. The van der Waals surface area contributed by atoms with E-state index in [0.29, 0.717) is 25.0 Å². The van der Waals surface area contributed by atoms with Crippen molar-refractivity contribution >= 4 is 10.0 Å². The summed E-state index contributed by atoms with van der Waals surface area (Å²) in [5, 5.41) is 0. The molecule has 5 heteroatoms. The average molecular weight is 280 g/mol. The van der Waals surface area contributed by atoms with Gasteiger partial charge in [0.05, 0.1) is 6.26 Å². The molecule has 2 unspecified atom stereocenters. The molecule has 2 saturated heterocycles. The largest absolute Gasteiger partial charge is 0.294 e. The Morgan fingerprint density at radius 1 is 1.21 bits per heavy atom. The number of hydrogen-bond donors (Lipinski definition) is 0. The van der Waals surface area contributed by atoms with Crippen molar-refractivity contribution in [2.45, 2.75) is 19.0 Å². The molecule has 1 aromatic rings. The van der Waals surface area contributed by atoms with Gasteiger partial charge in [0.25, 0.3) is 0 Å². The van der Waals surface area contributed by atoms with Crippen LogP contribution in [0, 0.1) is 5.92 Å².